The number of aryl methyl sites for hydroxylation is 2. The Hall–Kier alpha value is -2.87. The van der Waals surface area contributed by atoms with Gasteiger partial charge in [0.25, 0.3) is 11.5 Å². The number of fused-ring (bicyclic) bond motifs is 1. The van der Waals surface area contributed by atoms with Gasteiger partial charge in [0.05, 0.1) is 11.4 Å². The van der Waals surface area contributed by atoms with E-state index in [0.717, 1.165) is 36.2 Å². The summed E-state index contributed by atoms with van der Waals surface area (Å²) >= 11 is 1.32. The van der Waals surface area contributed by atoms with E-state index in [0.29, 0.717) is 10.8 Å². The molecule has 26 heavy (non-hydrogen) atoms. The molecule has 7 nitrogen and oxygen atoms in total. The Morgan fingerprint density at radius 3 is 3.00 bits per heavy atom. The van der Waals surface area contributed by atoms with E-state index in [1.165, 1.54) is 16.0 Å². The molecule has 0 saturated heterocycles. The second-order valence-electron chi connectivity index (χ2n) is 6.17. The van der Waals surface area contributed by atoms with Crippen LogP contribution in [0.15, 0.2) is 40.6 Å². The highest BCUT2D eigenvalue weighted by Crippen LogP contribution is 2.24. The van der Waals surface area contributed by atoms with Crippen LogP contribution in [0.4, 0.5) is 5.13 Å². The Morgan fingerprint density at radius 1 is 1.31 bits per heavy atom. The van der Waals surface area contributed by atoms with Crippen molar-refractivity contribution in [1.29, 1.82) is 0 Å². The zero-order chi connectivity index (χ0) is 18.1. The molecule has 8 heteroatoms. The molecule has 1 aliphatic carbocycles. The summed E-state index contributed by atoms with van der Waals surface area (Å²) in [6, 6.07) is 6.46. The molecular formula is C18H17N5O2S. The van der Waals surface area contributed by atoms with Gasteiger partial charge in [0.1, 0.15) is 11.7 Å². The average Bonchev–Trinajstić information content (AvgIpc) is 3.30. The van der Waals surface area contributed by atoms with Crippen LogP contribution < -0.4 is 10.9 Å². The lowest BCUT2D eigenvalue weighted by molar-refractivity contribution is -0.119. The monoisotopic (exact) mass is 367 g/mol. The molecule has 4 rings (SSSR count). The Morgan fingerprint density at radius 2 is 2.19 bits per heavy atom. The van der Waals surface area contributed by atoms with E-state index in [-0.39, 0.29) is 11.5 Å². The maximum absolute atomic E-state index is 12.6. The van der Waals surface area contributed by atoms with Gasteiger partial charge in [-0.2, -0.15) is 5.10 Å². The van der Waals surface area contributed by atoms with Gasteiger partial charge in [0, 0.05) is 17.6 Å². The van der Waals surface area contributed by atoms with Gasteiger partial charge in [0.2, 0.25) is 0 Å². The van der Waals surface area contributed by atoms with Crippen LogP contribution >= 0.6 is 11.3 Å². The molecule has 1 amide bonds. The van der Waals surface area contributed by atoms with E-state index >= 15 is 0 Å². The lowest BCUT2D eigenvalue weighted by atomic mass is 10.2. The molecule has 3 aromatic heterocycles. The fourth-order valence-corrected chi connectivity index (χ4v) is 3.68. The second-order valence-corrected chi connectivity index (χ2v) is 7.03. The molecule has 1 atom stereocenters. The molecule has 0 fully saturated rings. The van der Waals surface area contributed by atoms with Crippen LogP contribution in [0.3, 0.4) is 0 Å². The summed E-state index contributed by atoms with van der Waals surface area (Å²) in [6.07, 6.45) is 4.43. The van der Waals surface area contributed by atoms with Gasteiger partial charge in [-0.3, -0.25) is 14.6 Å². The van der Waals surface area contributed by atoms with Crippen LogP contribution in [0.25, 0.3) is 11.4 Å². The standard InChI is InChI=1S/C18H17N5O2S/c1-11(23-16(24)9-12-5-4-7-13(12)22-23)17(25)21-18-20-15(10-26-18)14-6-2-3-8-19-14/h2-3,6,8-11H,4-5,7H2,1H3,(H,20,21,25)/t11-/m0/s1. The van der Waals surface area contributed by atoms with Gasteiger partial charge in [-0.1, -0.05) is 6.07 Å². The van der Waals surface area contributed by atoms with E-state index in [1.807, 2.05) is 23.6 Å². The van der Waals surface area contributed by atoms with Crippen molar-refractivity contribution in [2.45, 2.75) is 32.2 Å². The molecule has 3 aromatic rings. The first-order chi connectivity index (χ1) is 12.6. The fourth-order valence-electron chi connectivity index (χ4n) is 2.98. The third-order valence-electron chi connectivity index (χ3n) is 4.39. The van der Waals surface area contributed by atoms with Crippen LogP contribution in [-0.2, 0) is 17.6 Å². The van der Waals surface area contributed by atoms with Gasteiger partial charge in [0.15, 0.2) is 5.13 Å². The van der Waals surface area contributed by atoms with E-state index in [9.17, 15) is 9.59 Å². The molecule has 1 aliphatic rings. The van der Waals surface area contributed by atoms with Crippen LogP contribution in [0.2, 0.25) is 0 Å². The average molecular weight is 367 g/mol. The van der Waals surface area contributed by atoms with Crippen LogP contribution in [0.5, 0.6) is 0 Å². The summed E-state index contributed by atoms with van der Waals surface area (Å²) in [7, 11) is 0. The molecule has 0 radical (unpaired) electrons. The Kier molecular flexibility index (Phi) is 4.34. The van der Waals surface area contributed by atoms with Crippen molar-refractivity contribution in [2.24, 2.45) is 0 Å². The number of nitrogens with one attached hydrogen (secondary N) is 1. The number of amides is 1. The summed E-state index contributed by atoms with van der Waals surface area (Å²) in [6.45, 7) is 1.67. The van der Waals surface area contributed by atoms with Crippen LogP contribution in [0, 0.1) is 0 Å². The summed E-state index contributed by atoms with van der Waals surface area (Å²) in [5.41, 5.74) is 3.11. The number of anilines is 1. The molecule has 3 heterocycles. The lowest BCUT2D eigenvalue weighted by Crippen LogP contribution is -2.33. The Balaban J connectivity index is 1.52. The first-order valence-corrected chi connectivity index (χ1v) is 9.29. The minimum atomic E-state index is -0.712. The Labute approximate surface area is 153 Å². The van der Waals surface area contributed by atoms with E-state index < -0.39 is 6.04 Å². The molecule has 0 aliphatic heterocycles. The SMILES string of the molecule is C[C@@H](C(=O)Nc1nc(-c2ccccn2)cs1)n1nc2c(cc1=O)CCC2. The summed E-state index contributed by atoms with van der Waals surface area (Å²) in [4.78, 5) is 33.5. The molecule has 0 saturated carbocycles. The number of thiazole rings is 1. The van der Waals surface area contributed by atoms with Crippen molar-refractivity contribution in [1.82, 2.24) is 19.7 Å². The van der Waals surface area contributed by atoms with Gasteiger partial charge in [-0.05, 0) is 43.9 Å². The van der Waals surface area contributed by atoms with Crippen molar-refractivity contribution in [3.63, 3.8) is 0 Å². The third kappa shape index (κ3) is 3.15. The molecule has 0 aromatic carbocycles. The van der Waals surface area contributed by atoms with Gasteiger partial charge in [-0.15, -0.1) is 11.3 Å². The predicted octanol–water partition coefficient (Wildman–Crippen LogP) is 2.45. The minimum absolute atomic E-state index is 0.249. The summed E-state index contributed by atoms with van der Waals surface area (Å²) in [5, 5.41) is 9.46. The number of nitrogens with zero attached hydrogens (tertiary/aromatic N) is 4. The quantitative estimate of drug-likeness (QED) is 0.765. The van der Waals surface area contributed by atoms with Gasteiger partial charge < -0.3 is 5.32 Å². The zero-order valence-corrected chi connectivity index (χ0v) is 15.0. The first-order valence-electron chi connectivity index (χ1n) is 8.41. The number of carbonyl (C=O) groups excluding carboxylic acids is 1. The van der Waals surface area contributed by atoms with Crippen molar-refractivity contribution in [3.8, 4) is 11.4 Å². The highest BCUT2D eigenvalue weighted by atomic mass is 32.1. The highest BCUT2D eigenvalue weighted by Gasteiger charge is 2.22. The number of aromatic nitrogens is 4. The normalized spacial score (nSPS) is 14.0. The Bertz CT molecular complexity index is 1010. The van der Waals surface area contributed by atoms with Gasteiger partial charge >= 0.3 is 0 Å². The molecular weight excluding hydrogens is 350 g/mol. The molecule has 132 valence electrons. The van der Waals surface area contributed by atoms with Crippen molar-refractivity contribution in [3.05, 3.63) is 57.5 Å². The predicted molar refractivity (Wildman–Crippen MR) is 99.2 cm³/mol. The number of carbonyl (C=O) groups is 1. The third-order valence-corrected chi connectivity index (χ3v) is 5.15. The minimum Gasteiger partial charge on any atom is -0.300 e. The molecule has 0 spiro atoms. The number of rotatable bonds is 4. The largest absolute Gasteiger partial charge is 0.300 e. The topological polar surface area (TPSA) is 89.8 Å². The zero-order valence-electron chi connectivity index (χ0n) is 14.2. The van der Waals surface area contributed by atoms with Gasteiger partial charge in [-0.25, -0.2) is 9.67 Å². The van der Waals surface area contributed by atoms with E-state index in [1.54, 1.807) is 19.2 Å². The molecule has 0 unspecified atom stereocenters. The summed E-state index contributed by atoms with van der Waals surface area (Å²) < 4.78 is 1.26. The van der Waals surface area contributed by atoms with E-state index in [2.05, 4.69) is 20.4 Å². The first kappa shape index (κ1) is 16.6. The number of hydrogen-bond donors (Lipinski definition) is 1. The maximum atomic E-state index is 12.6. The highest BCUT2D eigenvalue weighted by molar-refractivity contribution is 7.14. The fraction of sp³-hybridized carbons (Fsp3) is 0.278. The summed E-state index contributed by atoms with van der Waals surface area (Å²) in [5.74, 6) is -0.320. The van der Waals surface area contributed by atoms with Crippen molar-refractivity contribution >= 4 is 22.4 Å². The number of hydrogen-bond acceptors (Lipinski definition) is 6. The van der Waals surface area contributed by atoms with Crippen molar-refractivity contribution in [2.75, 3.05) is 5.32 Å². The lowest BCUT2D eigenvalue weighted by Gasteiger charge is -2.14. The molecule has 1 N–H and O–H groups in total. The van der Waals surface area contributed by atoms with Crippen molar-refractivity contribution < 1.29 is 4.79 Å². The maximum Gasteiger partial charge on any atom is 0.267 e. The van der Waals surface area contributed by atoms with Crippen LogP contribution in [0.1, 0.15) is 30.6 Å². The molecule has 0 bridgehead atoms. The number of pyridine rings is 1. The van der Waals surface area contributed by atoms with E-state index in [4.69, 9.17) is 0 Å². The van der Waals surface area contributed by atoms with Crippen LogP contribution in [-0.4, -0.2) is 25.7 Å². The smallest absolute Gasteiger partial charge is 0.267 e. The second kappa shape index (κ2) is 6.80.